The van der Waals surface area contributed by atoms with Crippen LogP contribution in [0.2, 0.25) is 5.02 Å². The topological polar surface area (TPSA) is 41.5 Å². The summed E-state index contributed by atoms with van der Waals surface area (Å²) >= 11 is 5.64. The van der Waals surface area contributed by atoms with E-state index in [0.29, 0.717) is 26.1 Å². The highest BCUT2D eigenvalue weighted by Crippen LogP contribution is 2.22. The maximum atomic E-state index is 13.4. The van der Waals surface area contributed by atoms with E-state index >= 15 is 0 Å². The molecule has 106 valence electrons. The van der Waals surface area contributed by atoms with Crippen LogP contribution < -0.4 is 5.32 Å². The molecule has 5 heteroatoms. The van der Waals surface area contributed by atoms with Crippen LogP contribution in [0.15, 0.2) is 18.2 Å². The number of aliphatic hydroxyl groups is 1. The van der Waals surface area contributed by atoms with Gasteiger partial charge in [-0.3, -0.25) is 0 Å². The quantitative estimate of drug-likeness (QED) is 0.892. The molecule has 0 aromatic heterocycles. The van der Waals surface area contributed by atoms with Gasteiger partial charge in [0.25, 0.3) is 0 Å². The highest BCUT2D eigenvalue weighted by molar-refractivity contribution is 6.30. The number of benzene rings is 1. The Morgan fingerprint density at radius 3 is 3.00 bits per heavy atom. The van der Waals surface area contributed by atoms with Crippen LogP contribution in [-0.4, -0.2) is 36.5 Å². The van der Waals surface area contributed by atoms with E-state index in [4.69, 9.17) is 16.3 Å². The van der Waals surface area contributed by atoms with Crippen LogP contribution in [0.5, 0.6) is 0 Å². The van der Waals surface area contributed by atoms with Crippen LogP contribution in [0.3, 0.4) is 0 Å². The Morgan fingerprint density at radius 1 is 1.58 bits per heavy atom. The van der Waals surface area contributed by atoms with Crippen molar-refractivity contribution in [2.75, 3.05) is 19.8 Å². The molecule has 1 aromatic rings. The SMILES string of the molecule is CC(O)(Cc1ccc(Cl)c(F)c1)CC1COCCN1. The van der Waals surface area contributed by atoms with Gasteiger partial charge >= 0.3 is 0 Å². The van der Waals surface area contributed by atoms with Crippen LogP contribution >= 0.6 is 11.6 Å². The summed E-state index contributed by atoms with van der Waals surface area (Å²) < 4.78 is 18.7. The second-order valence-electron chi connectivity index (χ2n) is 5.35. The summed E-state index contributed by atoms with van der Waals surface area (Å²) in [6.07, 6.45) is 0.955. The third-order valence-electron chi connectivity index (χ3n) is 3.25. The second kappa shape index (κ2) is 6.18. The summed E-state index contributed by atoms with van der Waals surface area (Å²) in [6.45, 7) is 3.87. The first kappa shape index (κ1) is 14.7. The van der Waals surface area contributed by atoms with Gasteiger partial charge in [-0.15, -0.1) is 0 Å². The summed E-state index contributed by atoms with van der Waals surface area (Å²) in [7, 11) is 0. The molecule has 2 rings (SSSR count). The Balaban J connectivity index is 1.96. The Hall–Kier alpha value is -0.680. The number of halogens is 2. The number of hydrogen-bond acceptors (Lipinski definition) is 3. The summed E-state index contributed by atoms with van der Waals surface area (Å²) in [6, 6.07) is 4.78. The summed E-state index contributed by atoms with van der Waals surface area (Å²) in [4.78, 5) is 0. The Morgan fingerprint density at radius 2 is 2.37 bits per heavy atom. The largest absolute Gasteiger partial charge is 0.390 e. The van der Waals surface area contributed by atoms with Gasteiger partial charge in [-0.2, -0.15) is 0 Å². The molecule has 2 unspecified atom stereocenters. The van der Waals surface area contributed by atoms with Crippen molar-refractivity contribution in [3.8, 4) is 0 Å². The maximum absolute atomic E-state index is 13.4. The molecule has 1 aliphatic rings. The van der Waals surface area contributed by atoms with Crippen molar-refractivity contribution in [2.45, 2.75) is 31.4 Å². The fourth-order valence-corrected chi connectivity index (χ4v) is 2.56. The molecule has 0 spiro atoms. The Kier molecular flexibility index (Phi) is 4.79. The van der Waals surface area contributed by atoms with Crippen LogP contribution in [-0.2, 0) is 11.2 Å². The van der Waals surface area contributed by atoms with Gasteiger partial charge in [0.15, 0.2) is 0 Å². The van der Waals surface area contributed by atoms with E-state index in [2.05, 4.69) is 5.32 Å². The number of morpholine rings is 1. The number of hydrogen-bond donors (Lipinski definition) is 2. The average Bonchev–Trinajstić information content (AvgIpc) is 2.34. The lowest BCUT2D eigenvalue weighted by atomic mass is 9.89. The summed E-state index contributed by atoms with van der Waals surface area (Å²) in [5, 5.41) is 13.8. The van der Waals surface area contributed by atoms with Crippen LogP contribution in [0, 0.1) is 5.82 Å². The van der Waals surface area contributed by atoms with E-state index in [1.807, 2.05) is 0 Å². The third-order valence-corrected chi connectivity index (χ3v) is 3.56. The minimum atomic E-state index is -0.904. The zero-order valence-corrected chi connectivity index (χ0v) is 11.7. The molecular formula is C14H19ClFNO2. The monoisotopic (exact) mass is 287 g/mol. The Bertz CT molecular complexity index is 433. The molecule has 2 N–H and O–H groups in total. The van der Waals surface area contributed by atoms with E-state index in [1.165, 1.54) is 12.1 Å². The number of nitrogens with one attached hydrogen (secondary N) is 1. The van der Waals surface area contributed by atoms with Gasteiger partial charge in [0.2, 0.25) is 0 Å². The zero-order valence-electron chi connectivity index (χ0n) is 11.0. The predicted octanol–water partition coefficient (Wildman–Crippen LogP) is 2.15. The van der Waals surface area contributed by atoms with Gasteiger partial charge in [-0.05, 0) is 31.0 Å². The van der Waals surface area contributed by atoms with Crippen molar-refractivity contribution in [1.82, 2.24) is 5.32 Å². The molecule has 1 aromatic carbocycles. The molecule has 0 aliphatic carbocycles. The first-order valence-electron chi connectivity index (χ1n) is 6.44. The highest BCUT2D eigenvalue weighted by atomic mass is 35.5. The fourth-order valence-electron chi connectivity index (χ4n) is 2.44. The normalized spacial score (nSPS) is 23.1. The van der Waals surface area contributed by atoms with Crippen molar-refractivity contribution >= 4 is 11.6 Å². The van der Waals surface area contributed by atoms with Gasteiger partial charge in [-0.25, -0.2) is 4.39 Å². The zero-order chi connectivity index (χ0) is 13.9. The lowest BCUT2D eigenvalue weighted by Crippen LogP contribution is -2.46. The molecule has 3 nitrogen and oxygen atoms in total. The molecule has 0 amide bonds. The average molecular weight is 288 g/mol. The molecule has 19 heavy (non-hydrogen) atoms. The van der Waals surface area contributed by atoms with Crippen molar-refractivity contribution in [3.63, 3.8) is 0 Å². The van der Waals surface area contributed by atoms with Gasteiger partial charge in [-0.1, -0.05) is 17.7 Å². The molecule has 1 aliphatic heterocycles. The van der Waals surface area contributed by atoms with Crippen molar-refractivity contribution in [2.24, 2.45) is 0 Å². The minimum absolute atomic E-state index is 0.103. The van der Waals surface area contributed by atoms with Gasteiger partial charge in [0.1, 0.15) is 5.82 Å². The molecule has 1 saturated heterocycles. The molecule has 0 saturated carbocycles. The molecule has 1 heterocycles. The first-order valence-corrected chi connectivity index (χ1v) is 6.81. The van der Waals surface area contributed by atoms with E-state index in [9.17, 15) is 9.50 Å². The lowest BCUT2D eigenvalue weighted by Gasteiger charge is -2.31. The predicted molar refractivity (Wildman–Crippen MR) is 73.0 cm³/mol. The lowest BCUT2D eigenvalue weighted by molar-refractivity contribution is 0.00648. The summed E-state index contributed by atoms with van der Waals surface area (Å²) in [5.41, 5.74) is -0.165. The first-order chi connectivity index (χ1) is 8.96. The van der Waals surface area contributed by atoms with E-state index in [1.54, 1.807) is 13.0 Å². The van der Waals surface area contributed by atoms with E-state index in [0.717, 1.165) is 12.1 Å². The van der Waals surface area contributed by atoms with Gasteiger partial charge < -0.3 is 15.2 Å². The fraction of sp³-hybridized carbons (Fsp3) is 0.571. The second-order valence-corrected chi connectivity index (χ2v) is 5.76. The molecule has 1 fully saturated rings. The van der Waals surface area contributed by atoms with E-state index < -0.39 is 11.4 Å². The number of ether oxygens (including phenoxy) is 1. The van der Waals surface area contributed by atoms with Gasteiger partial charge in [0, 0.05) is 19.0 Å². The third kappa shape index (κ3) is 4.42. The maximum Gasteiger partial charge on any atom is 0.142 e. The Labute approximate surface area is 117 Å². The van der Waals surface area contributed by atoms with Gasteiger partial charge in [0.05, 0.1) is 23.8 Å². The molecule has 0 bridgehead atoms. The standard InChI is InChI=1S/C14H19ClFNO2/c1-14(18,8-11-9-19-5-4-17-11)7-10-2-3-12(15)13(16)6-10/h2-3,6,11,17-18H,4-5,7-9H2,1H3. The van der Waals surface area contributed by atoms with Crippen molar-refractivity contribution in [3.05, 3.63) is 34.6 Å². The van der Waals surface area contributed by atoms with E-state index in [-0.39, 0.29) is 11.1 Å². The minimum Gasteiger partial charge on any atom is -0.390 e. The molecular weight excluding hydrogens is 269 g/mol. The summed E-state index contributed by atoms with van der Waals surface area (Å²) in [5.74, 6) is -0.450. The molecule has 0 radical (unpaired) electrons. The van der Waals surface area contributed by atoms with Crippen LogP contribution in [0.4, 0.5) is 4.39 Å². The van der Waals surface area contributed by atoms with Crippen LogP contribution in [0.25, 0.3) is 0 Å². The number of rotatable bonds is 4. The molecule has 2 atom stereocenters. The van der Waals surface area contributed by atoms with Crippen molar-refractivity contribution < 1.29 is 14.2 Å². The van der Waals surface area contributed by atoms with Crippen molar-refractivity contribution in [1.29, 1.82) is 0 Å². The highest BCUT2D eigenvalue weighted by Gasteiger charge is 2.27. The smallest absolute Gasteiger partial charge is 0.142 e. The van der Waals surface area contributed by atoms with Crippen LogP contribution in [0.1, 0.15) is 18.9 Å².